The van der Waals surface area contributed by atoms with E-state index in [0.29, 0.717) is 51.0 Å². The number of hydrogen-bond donors (Lipinski definition) is 10. The fourth-order valence-corrected chi connectivity index (χ4v) is 7.74. The Morgan fingerprint density at radius 2 is 1.65 bits per heavy atom. The van der Waals surface area contributed by atoms with E-state index in [1.54, 1.807) is 6.92 Å². The van der Waals surface area contributed by atoms with Gasteiger partial charge in [-0.2, -0.15) is 0 Å². The fraction of sp³-hybridized carbons (Fsp3) is 0.587. The number of hydrogen-bond acceptors (Lipinski definition) is 11. The number of aliphatic imine (C=N–C) groups is 1. The number of guanidine groups is 1. The number of nitrogens with two attached hydrogens (primary N) is 5. The molecule has 4 amide bonds. The second-order valence-electron chi connectivity index (χ2n) is 16.8. The van der Waals surface area contributed by atoms with Crippen LogP contribution in [0.4, 0.5) is 0 Å². The first-order valence-corrected chi connectivity index (χ1v) is 22.2. The van der Waals surface area contributed by atoms with Crippen molar-refractivity contribution in [3.63, 3.8) is 0 Å². The van der Waals surface area contributed by atoms with Gasteiger partial charge in [0.25, 0.3) is 0 Å². The van der Waals surface area contributed by atoms with E-state index in [1.807, 2.05) is 42.5 Å². The Bertz CT molecular complexity index is 1820. The second kappa shape index (κ2) is 27.1. The van der Waals surface area contributed by atoms with E-state index in [9.17, 15) is 28.8 Å². The standard InChI is InChI=1S/C40H60N10O5.C5H10O.CH5N/c1-24(2)29-14-10-13-28-22-39(44,18-16-30(28)29)37(55)48-32(21-27-11-6-5-7-12-27)35(53)49-33(25(3)17-20-45-38(42)43)36(54)50-40(26(4)51)23-46-31(34(41)52)15-8-9-19-47-40;1-2-3-4-5-6;1-2/h5-7,10-14,24-25,31-33,46-47H,8-9,15-23,44H2,1-4H3,(H2,41,52)(H,48,55)(H,49,53)(H,50,54)(H4,42,43,45);5H,2-4H2,1H3;2H2,1H3/t25?,31?,32-,33+,39?,40?;;/m1../s1. The van der Waals surface area contributed by atoms with E-state index in [0.717, 1.165) is 36.7 Å². The smallest absolute Gasteiger partial charge is 0.244 e. The maximum atomic E-state index is 14.4. The Balaban J connectivity index is 0.00000157. The lowest BCUT2D eigenvalue weighted by Crippen LogP contribution is -2.71. The normalized spacial score (nSPS) is 20.9. The lowest BCUT2D eigenvalue weighted by atomic mass is 9.75. The molecule has 2 aromatic rings. The number of ketones is 1. The van der Waals surface area contributed by atoms with Crippen molar-refractivity contribution >= 4 is 41.7 Å². The average molecular weight is 878 g/mol. The number of primary amides is 1. The van der Waals surface area contributed by atoms with Crippen LogP contribution in [0, 0.1) is 5.92 Å². The molecule has 0 saturated carbocycles. The number of amides is 4. The maximum Gasteiger partial charge on any atom is 0.244 e. The van der Waals surface area contributed by atoms with Crippen molar-refractivity contribution in [3.8, 4) is 0 Å². The van der Waals surface area contributed by atoms with Crippen molar-refractivity contribution in [2.75, 3.05) is 26.7 Å². The first kappa shape index (κ1) is 53.9. The number of Topliss-reactive ketones (excluding diaryl/α,β-unsaturated/α-hetero) is 1. The van der Waals surface area contributed by atoms with Gasteiger partial charge in [0.15, 0.2) is 17.4 Å². The van der Waals surface area contributed by atoms with Gasteiger partial charge in [0.2, 0.25) is 23.6 Å². The number of carbonyl (C=O) groups is 6. The summed E-state index contributed by atoms with van der Waals surface area (Å²) in [7, 11) is 1.50. The number of nitrogens with zero attached hydrogens (tertiary/aromatic N) is 1. The molecule has 2 aliphatic rings. The van der Waals surface area contributed by atoms with Crippen LogP contribution in [0.3, 0.4) is 0 Å². The second-order valence-corrected chi connectivity index (χ2v) is 16.8. The van der Waals surface area contributed by atoms with Crippen molar-refractivity contribution in [2.45, 2.75) is 140 Å². The predicted octanol–water partition coefficient (Wildman–Crippen LogP) is 1.08. The van der Waals surface area contributed by atoms with Crippen molar-refractivity contribution in [1.29, 1.82) is 0 Å². The summed E-state index contributed by atoms with van der Waals surface area (Å²) in [5.74, 6) is -3.05. The average Bonchev–Trinajstić information content (AvgIpc) is 3.36. The summed E-state index contributed by atoms with van der Waals surface area (Å²) < 4.78 is 0. The molecule has 17 nitrogen and oxygen atoms in total. The first-order valence-electron chi connectivity index (χ1n) is 22.2. The van der Waals surface area contributed by atoms with Gasteiger partial charge < -0.3 is 54.7 Å². The van der Waals surface area contributed by atoms with Crippen molar-refractivity contribution in [1.82, 2.24) is 26.6 Å². The minimum absolute atomic E-state index is 0.121. The molecule has 0 aromatic heterocycles. The van der Waals surface area contributed by atoms with Gasteiger partial charge in [0.1, 0.15) is 18.4 Å². The van der Waals surface area contributed by atoms with Crippen LogP contribution < -0.4 is 55.3 Å². The highest BCUT2D eigenvalue weighted by atomic mass is 16.2. The number of aldehydes is 1. The van der Waals surface area contributed by atoms with Gasteiger partial charge in [-0.05, 0) is 99.6 Å². The zero-order valence-corrected chi connectivity index (χ0v) is 38.3. The summed E-state index contributed by atoms with van der Waals surface area (Å²) in [6.45, 7) is 9.86. The van der Waals surface area contributed by atoms with Gasteiger partial charge in [-0.15, -0.1) is 0 Å². The third-order valence-electron chi connectivity index (χ3n) is 11.6. The molecule has 0 radical (unpaired) electrons. The Hall–Kier alpha value is -5.23. The number of benzene rings is 2. The van der Waals surface area contributed by atoms with Gasteiger partial charge in [0, 0.05) is 25.9 Å². The van der Waals surface area contributed by atoms with E-state index in [4.69, 9.17) is 22.9 Å². The van der Waals surface area contributed by atoms with Gasteiger partial charge in [-0.1, -0.05) is 89.1 Å². The van der Waals surface area contributed by atoms with Crippen molar-refractivity contribution < 1.29 is 28.8 Å². The van der Waals surface area contributed by atoms with E-state index in [1.165, 1.54) is 25.1 Å². The molecular weight excluding hydrogens is 803 g/mol. The molecule has 1 aliphatic carbocycles. The summed E-state index contributed by atoms with van der Waals surface area (Å²) in [5, 5.41) is 14.9. The third kappa shape index (κ3) is 16.8. The molecule has 15 N–H and O–H groups in total. The molecule has 6 atom stereocenters. The van der Waals surface area contributed by atoms with Crippen LogP contribution in [0.25, 0.3) is 0 Å². The highest BCUT2D eigenvalue weighted by Crippen LogP contribution is 2.33. The molecule has 350 valence electrons. The number of unbranched alkanes of at least 4 members (excludes halogenated alkanes) is 2. The Labute approximate surface area is 373 Å². The minimum atomic E-state index is -1.62. The predicted molar refractivity (Wildman–Crippen MR) is 248 cm³/mol. The van der Waals surface area contributed by atoms with Gasteiger partial charge >= 0.3 is 0 Å². The summed E-state index contributed by atoms with van der Waals surface area (Å²) in [6, 6.07) is 12.3. The van der Waals surface area contributed by atoms with Crippen LogP contribution in [0.15, 0.2) is 53.5 Å². The van der Waals surface area contributed by atoms with Crippen molar-refractivity contribution in [2.24, 2.45) is 39.6 Å². The molecular formula is C46H75N11O6. The molecule has 1 saturated heterocycles. The Kier molecular flexibility index (Phi) is 23.2. The molecule has 0 spiro atoms. The monoisotopic (exact) mass is 878 g/mol. The zero-order chi connectivity index (χ0) is 47.2. The van der Waals surface area contributed by atoms with Crippen LogP contribution in [0.2, 0.25) is 0 Å². The van der Waals surface area contributed by atoms with Gasteiger partial charge in [0.05, 0.1) is 11.6 Å². The van der Waals surface area contributed by atoms with E-state index in [2.05, 4.69) is 64.1 Å². The van der Waals surface area contributed by atoms with Crippen LogP contribution in [0.5, 0.6) is 0 Å². The Morgan fingerprint density at radius 3 is 2.24 bits per heavy atom. The number of rotatable bonds is 18. The summed E-state index contributed by atoms with van der Waals surface area (Å²) in [6.07, 6.45) is 7.37. The molecule has 0 bridgehead atoms. The SMILES string of the molecule is CC(=O)C1(NC(=O)[C@@H](NC(=O)[C@@H](Cc2ccccc2)NC(=O)C2(N)CCc3c(cccc3C(C)C)C2)C(C)CCN=C(N)N)CNC(C(N)=O)CCCCN1.CCCCC=O.CN. The zero-order valence-electron chi connectivity index (χ0n) is 38.3. The molecule has 63 heavy (non-hydrogen) atoms. The molecule has 17 heteroatoms. The molecule has 1 fully saturated rings. The molecule has 2 aromatic carbocycles. The minimum Gasteiger partial charge on any atom is -0.370 e. The highest BCUT2D eigenvalue weighted by molar-refractivity contribution is 5.97. The summed E-state index contributed by atoms with van der Waals surface area (Å²) >= 11 is 0. The fourth-order valence-electron chi connectivity index (χ4n) is 7.74. The molecule has 4 unspecified atom stereocenters. The maximum absolute atomic E-state index is 14.4. The van der Waals surface area contributed by atoms with Gasteiger partial charge in [-0.25, -0.2) is 0 Å². The van der Waals surface area contributed by atoms with Crippen LogP contribution in [-0.4, -0.2) is 97.7 Å². The first-order chi connectivity index (χ1) is 30.0. The number of fused-ring (bicyclic) bond motifs is 1. The summed E-state index contributed by atoms with van der Waals surface area (Å²) in [4.78, 5) is 81.9. The molecule has 4 rings (SSSR count). The molecule has 1 heterocycles. The van der Waals surface area contributed by atoms with Crippen LogP contribution in [0.1, 0.15) is 114 Å². The summed E-state index contributed by atoms with van der Waals surface area (Å²) in [5.41, 5.74) is 29.5. The van der Waals surface area contributed by atoms with Crippen LogP contribution in [-0.2, 0) is 48.0 Å². The largest absolute Gasteiger partial charge is 0.370 e. The Morgan fingerprint density at radius 1 is 0.952 bits per heavy atom. The number of carbonyl (C=O) groups excluding carboxylic acids is 6. The molecule has 1 aliphatic heterocycles. The van der Waals surface area contributed by atoms with E-state index >= 15 is 0 Å². The van der Waals surface area contributed by atoms with Crippen LogP contribution >= 0.6 is 0 Å². The van der Waals surface area contributed by atoms with E-state index in [-0.39, 0.29) is 31.9 Å². The number of nitrogens with one attached hydrogen (secondary N) is 5. The van der Waals surface area contributed by atoms with Crippen molar-refractivity contribution in [3.05, 3.63) is 70.8 Å². The van der Waals surface area contributed by atoms with E-state index < -0.39 is 64.7 Å². The lowest BCUT2D eigenvalue weighted by molar-refractivity contribution is -0.137. The van der Waals surface area contributed by atoms with Gasteiger partial charge in [-0.3, -0.25) is 34.3 Å². The topological polar surface area (TPSA) is 305 Å². The quantitative estimate of drug-likeness (QED) is 0.0436. The highest BCUT2D eigenvalue weighted by Gasteiger charge is 2.43. The third-order valence-corrected chi connectivity index (χ3v) is 11.6. The lowest BCUT2D eigenvalue weighted by Gasteiger charge is -2.37.